The third-order valence-corrected chi connectivity index (χ3v) is 6.19. The Morgan fingerprint density at radius 2 is 2.05 bits per heavy atom. The van der Waals surface area contributed by atoms with E-state index >= 15 is 0 Å². The maximum Gasteiger partial charge on any atom is 0.150 e. The minimum atomic E-state index is -2.89. The smallest absolute Gasteiger partial charge is 0.150 e. The first kappa shape index (κ1) is 18.0. The summed E-state index contributed by atoms with van der Waals surface area (Å²) < 4.78 is 23.9. The number of nitrogens with one attached hydrogen (secondary N) is 1. The van der Waals surface area contributed by atoms with Gasteiger partial charge in [0.2, 0.25) is 0 Å². The van der Waals surface area contributed by atoms with E-state index in [1.807, 2.05) is 25.1 Å². The first-order valence-corrected chi connectivity index (χ1v) is 9.77. The van der Waals surface area contributed by atoms with E-state index in [1.165, 1.54) is 0 Å². The van der Waals surface area contributed by atoms with Gasteiger partial charge in [-0.2, -0.15) is 0 Å². The predicted molar refractivity (Wildman–Crippen MR) is 89.1 cm³/mol. The van der Waals surface area contributed by atoms with Crippen LogP contribution in [0.15, 0.2) is 22.7 Å². The Bertz CT molecular complexity index is 534. The van der Waals surface area contributed by atoms with Gasteiger partial charge < -0.3 is 5.32 Å². The Kier molecular flexibility index (Phi) is 7.51. The first-order valence-electron chi connectivity index (χ1n) is 6.78. The average molecular weight is 383 g/mol. The highest BCUT2D eigenvalue weighted by Gasteiger charge is 2.14. The van der Waals surface area contributed by atoms with Crippen molar-refractivity contribution in [1.82, 2.24) is 5.32 Å². The molecule has 0 aromatic heterocycles. The topological polar surface area (TPSA) is 46.2 Å². The molecular weight excluding hydrogens is 362 g/mol. The minimum absolute atomic E-state index is 0.153. The second kappa shape index (κ2) is 8.37. The van der Waals surface area contributed by atoms with E-state index in [2.05, 4.69) is 21.2 Å². The molecule has 20 heavy (non-hydrogen) atoms. The molecule has 1 aromatic rings. The van der Waals surface area contributed by atoms with E-state index in [9.17, 15) is 8.42 Å². The van der Waals surface area contributed by atoms with Crippen molar-refractivity contribution in [2.45, 2.75) is 32.7 Å². The van der Waals surface area contributed by atoms with Gasteiger partial charge in [0.15, 0.2) is 0 Å². The highest BCUT2D eigenvalue weighted by atomic mass is 79.9. The molecule has 114 valence electrons. The highest BCUT2D eigenvalue weighted by Crippen LogP contribution is 2.28. The molecule has 0 aliphatic carbocycles. The van der Waals surface area contributed by atoms with Crippen LogP contribution in [0, 0.1) is 0 Å². The molecule has 1 rings (SSSR count). The van der Waals surface area contributed by atoms with Crippen molar-refractivity contribution in [3.63, 3.8) is 0 Å². The van der Waals surface area contributed by atoms with Crippen LogP contribution >= 0.6 is 27.5 Å². The van der Waals surface area contributed by atoms with Crippen molar-refractivity contribution in [2.75, 3.05) is 18.1 Å². The van der Waals surface area contributed by atoms with E-state index in [-0.39, 0.29) is 17.5 Å². The maximum absolute atomic E-state index is 11.5. The summed E-state index contributed by atoms with van der Waals surface area (Å²) in [5.41, 5.74) is 1.12. The van der Waals surface area contributed by atoms with Gasteiger partial charge in [-0.25, -0.2) is 8.42 Å². The van der Waals surface area contributed by atoms with Crippen molar-refractivity contribution in [2.24, 2.45) is 0 Å². The van der Waals surface area contributed by atoms with Gasteiger partial charge in [-0.3, -0.25) is 0 Å². The summed E-state index contributed by atoms with van der Waals surface area (Å²) in [4.78, 5) is 0. The Balaban J connectivity index is 2.71. The summed E-state index contributed by atoms with van der Waals surface area (Å²) in [6, 6.07) is 5.98. The third-order valence-electron chi connectivity index (χ3n) is 3.18. The monoisotopic (exact) mass is 381 g/mol. The lowest BCUT2D eigenvalue weighted by Gasteiger charge is -2.19. The quantitative estimate of drug-likeness (QED) is 0.740. The highest BCUT2D eigenvalue weighted by molar-refractivity contribution is 9.10. The minimum Gasteiger partial charge on any atom is -0.310 e. The van der Waals surface area contributed by atoms with Crippen LogP contribution in [0.25, 0.3) is 0 Å². The van der Waals surface area contributed by atoms with E-state index in [0.29, 0.717) is 11.4 Å². The van der Waals surface area contributed by atoms with E-state index < -0.39 is 9.84 Å². The molecule has 0 amide bonds. The van der Waals surface area contributed by atoms with Crippen LogP contribution in [0.1, 0.15) is 38.3 Å². The Labute approximate surface area is 135 Å². The molecule has 0 spiro atoms. The molecule has 1 N–H and O–H groups in total. The van der Waals surface area contributed by atoms with Crippen molar-refractivity contribution >= 4 is 37.4 Å². The Morgan fingerprint density at radius 1 is 1.35 bits per heavy atom. The summed E-state index contributed by atoms with van der Waals surface area (Å²) in [7, 11) is -2.89. The van der Waals surface area contributed by atoms with Crippen molar-refractivity contribution in [3.8, 4) is 0 Å². The second-order valence-corrected chi connectivity index (χ2v) is 8.40. The second-order valence-electron chi connectivity index (χ2n) is 4.66. The number of hydrogen-bond acceptors (Lipinski definition) is 3. The van der Waals surface area contributed by atoms with E-state index in [0.717, 1.165) is 23.0 Å². The summed E-state index contributed by atoms with van der Waals surface area (Å²) in [6.45, 7) is 4.57. The average Bonchev–Trinajstić information content (AvgIpc) is 2.41. The van der Waals surface area contributed by atoms with Gasteiger partial charge in [0.25, 0.3) is 0 Å². The normalized spacial score (nSPS) is 13.4. The first-order chi connectivity index (χ1) is 9.39. The van der Waals surface area contributed by atoms with E-state index in [1.54, 1.807) is 6.92 Å². The van der Waals surface area contributed by atoms with Crippen molar-refractivity contribution in [1.29, 1.82) is 0 Å². The molecule has 0 aliphatic heterocycles. The lowest BCUT2D eigenvalue weighted by atomic mass is 10.0. The van der Waals surface area contributed by atoms with Gasteiger partial charge in [0, 0.05) is 16.3 Å². The van der Waals surface area contributed by atoms with Crippen LogP contribution in [0.4, 0.5) is 0 Å². The lowest BCUT2D eigenvalue weighted by Crippen LogP contribution is -2.22. The van der Waals surface area contributed by atoms with Crippen LogP contribution in [-0.2, 0) is 9.84 Å². The standard InChI is InChI=1S/C14H21BrClNO2S/c1-3-17-14(6-5-9-20(18,19)4-2)11-7-8-13(16)12(15)10-11/h7-8,10,14,17H,3-6,9H2,1-2H3. The molecule has 1 aromatic carbocycles. The van der Waals surface area contributed by atoms with Gasteiger partial charge in [-0.15, -0.1) is 0 Å². The van der Waals surface area contributed by atoms with Crippen molar-refractivity contribution in [3.05, 3.63) is 33.3 Å². The number of hydrogen-bond donors (Lipinski definition) is 1. The maximum atomic E-state index is 11.5. The molecular formula is C14H21BrClNO2S. The summed E-state index contributed by atoms with van der Waals surface area (Å²) in [5, 5.41) is 4.07. The molecule has 0 saturated carbocycles. The van der Waals surface area contributed by atoms with Crippen LogP contribution in [0.2, 0.25) is 5.02 Å². The van der Waals surface area contributed by atoms with Gasteiger partial charge in [0.05, 0.1) is 10.8 Å². The largest absolute Gasteiger partial charge is 0.310 e. The fourth-order valence-corrected chi connectivity index (χ4v) is 3.42. The fourth-order valence-electron chi connectivity index (χ4n) is 2.01. The van der Waals surface area contributed by atoms with Crippen LogP contribution in [-0.4, -0.2) is 26.5 Å². The zero-order valence-electron chi connectivity index (χ0n) is 11.8. The third kappa shape index (κ3) is 5.72. The number of rotatable bonds is 8. The van der Waals surface area contributed by atoms with Gasteiger partial charge >= 0.3 is 0 Å². The molecule has 6 heteroatoms. The predicted octanol–water partition coefficient (Wildman–Crippen LogP) is 3.97. The summed E-state index contributed by atoms with van der Waals surface area (Å²) in [6.07, 6.45) is 1.45. The molecule has 0 aliphatic rings. The van der Waals surface area contributed by atoms with Crippen molar-refractivity contribution < 1.29 is 8.42 Å². The number of benzene rings is 1. The molecule has 0 saturated heterocycles. The van der Waals surface area contributed by atoms with Crippen LogP contribution in [0.5, 0.6) is 0 Å². The molecule has 0 heterocycles. The molecule has 1 unspecified atom stereocenters. The summed E-state index contributed by atoms with van der Waals surface area (Å²) >= 11 is 9.42. The van der Waals surface area contributed by atoms with Crippen LogP contribution in [0.3, 0.4) is 0 Å². The fraction of sp³-hybridized carbons (Fsp3) is 0.571. The summed E-state index contributed by atoms with van der Waals surface area (Å²) in [5.74, 6) is 0.464. The van der Waals surface area contributed by atoms with Gasteiger partial charge in [0.1, 0.15) is 9.84 Å². The van der Waals surface area contributed by atoms with E-state index in [4.69, 9.17) is 11.6 Å². The Hall–Kier alpha value is -0.100. The van der Waals surface area contributed by atoms with Crippen LogP contribution < -0.4 is 5.32 Å². The molecule has 0 fully saturated rings. The zero-order chi connectivity index (χ0) is 15.2. The molecule has 0 bridgehead atoms. The number of sulfone groups is 1. The van der Waals surface area contributed by atoms with Gasteiger partial charge in [-0.1, -0.05) is 31.5 Å². The molecule has 1 atom stereocenters. The lowest BCUT2D eigenvalue weighted by molar-refractivity contribution is 0.506. The number of halogens is 2. The molecule has 0 radical (unpaired) electrons. The zero-order valence-corrected chi connectivity index (χ0v) is 15.0. The Morgan fingerprint density at radius 3 is 2.60 bits per heavy atom. The molecule has 3 nitrogen and oxygen atoms in total. The SMILES string of the molecule is CCNC(CCCS(=O)(=O)CC)c1ccc(Cl)c(Br)c1. The van der Waals surface area contributed by atoms with Gasteiger partial charge in [-0.05, 0) is 53.0 Å².